The van der Waals surface area contributed by atoms with Crippen LogP contribution in [0.2, 0.25) is 0 Å². The smallest absolute Gasteiger partial charge is 0.275 e. The van der Waals surface area contributed by atoms with Crippen molar-refractivity contribution in [2.24, 2.45) is 0 Å². The van der Waals surface area contributed by atoms with Crippen molar-refractivity contribution in [3.05, 3.63) is 54.5 Å². The van der Waals surface area contributed by atoms with E-state index in [0.29, 0.717) is 17.6 Å². The quantitative estimate of drug-likeness (QED) is 0.801. The lowest BCUT2D eigenvalue weighted by Gasteiger charge is -2.13. The van der Waals surface area contributed by atoms with Crippen LogP contribution in [0.3, 0.4) is 0 Å². The highest BCUT2D eigenvalue weighted by Gasteiger charge is 2.23. The van der Waals surface area contributed by atoms with Crippen molar-refractivity contribution in [1.82, 2.24) is 24.8 Å². The second-order valence-corrected chi connectivity index (χ2v) is 5.94. The maximum atomic E-state index is 12.5. The fraction of sp³-hybridized carbons (Fsp3) is 0.294. The molecule has 24 heavy (non-hydrogen) atoms. The number of carbonyl (C=O) groups is 1. The van der Waals surface area contributed by atoms with Crippen molar-refractivity contribution >= 4 is 11.7 Å². The third kappa shape index (κ3) is 2.80. The predicted octanol–water partition coefficient (Wildman–Crippen LogP) is 2.83. The Morgan fingerprint density at radius 3 is 2.71 bits per heavy atom. The van der Waals surface area contributed by atoms with Crippen molar-refractivity contribution in [2.75, 3.05) is 5.32 Å². The molecule has 0 bridgehead atoms. The number of para-hydroxylation sites is 1. The molecular formula is C17H18N6O. The van der Waals surface area contributed by atoms with Gasteiger partial charge in [-0.05, 0) is 31.0 Å². The molecule has 1 aliphatic carbocycles. The van der Waals surface area contributed by atoms with E-state index >= 15 is 0 Å². The number of anilines is 1. The Labute approximate surface area is 139 Å². The van der Waals surface area contributed by atoms with Gasteiger partial charge in [0.2, 0.25) is 0 Å². The summed E-state index contributed by atoms with van der Waals surface area (Å²) in [6.07, 6.45) is 7.91. The lowest BCUT2D eigenvalue weighted by Crippen LogP contribution is -2.20. The van der Waals surface area contributed by atoms with Gasteiger partial charge in [-0.2, -0.15) is 5.10 Å². The van der Waals surface area contributed by atoms with Crippen molar-refractivity contribution in [1.29, 1.82) is 0 Å². The van der Waals surface area contributed by atoms with Crippen LogP contribution in [0.15, 0.2) is 48.8 Å². The molecule has 1 saturated carbocycles. The van der Waals surface area contributed by atoms with Crippen LogP contribution < -0.4 is 5.32 Å². The molecule has 2 heterocycles. The Bertz CT molecular complexity index is 832. The number of aromatic nitrogens is 5. The zero-order valence-corrected chi connectivity index (χ0v) is 13.2. The molecule has 0 radical (unpaired) electrons. The number of amides is 1. The molecule has 1 N–H and O–H groups in total. The van der Waals surface area contributed by atoms with Crippen LogP contribution in [-0.2, 0) is 0 Å². The number of hydrogen-bond donors (Lipinski definition) is 1. The topological polar surface area (TPSA) is 77.6 Å². The van der Waals surface area contributed by atoms with Crippen LogP contribution in [0.1, 0.15) is 42.2 Å². The van der Waals surface area contributed by atoms with Crippen LogP contribution in [0, 0.1) is 0 Å². The summed E-state index contributed by atoms with van der Waals surface area (Å²) in [6, 6.07) is 11.7. The normalized spacial score (nSPS) is 14.8. The van der Waals surface area contributed by atoms with Crippen molar-refractivity contribution in [2.45, 2.75) is 31.7 Å². The number of hydrogen-bond acceptors (Lipinski definition) is 4. The summed E-state index contributed by atoms with van der Waals surface area (Å²) in [5.74, 6) is 0.211. The molecule has 3 aromatic rings. The van der Waals surface area contributed by atoms with Crippen LogP contribution in [0.5, 0.6) is 0 Å². The average molecular weight is 322 g/mol. The summed E-state index contributed by atoms with van der Waals surface area (Å²) < 4.78 is 3.47. The summed E-state index contributed by atoms with van der Waals surface area (Å²) in [5, 5.41) is 15.2. The van der Waals surface area contributed by atoms with Crippen LogP contribution >= 0.6 is 0 Å². The van der Waals surface area contributed by atoms with Crippen LogP contribution in [0.25, 0.3) is 5.69 Å². The summed E-state index contributed by atoms with van der Waals surface area (Å²) in [6.45, 7) is 0. The van der Waals surface area contributed by atoms with E-state index in [0.717, 1.165) is 18.5 Å². The number of rotatable bonds is 4. The highest BCUT2D eigenvalue weighted by atomic mass is 16.2. The van der Waals surface area contributed by atoms with Gasteiger partial charge in [-0.15, -0.1) is 5.10 Å². The van der Waals surface area contributed by atoms with Gasteiger partial charge in [-0.25, -0.2) is 4.68 Å². The second-order valence-electron chi connectivity index (χ2n) is 5.94. The van der Waals surface area contributed by atoms with Crippen molar-refractivity contribution in [3.8, 4) is 5.69 Å². The van der Waals surface area contributed by atoms with Crippen molar-refractivity contribution in [3.63, 3.8) is 0 Å². The van der Waals surface area contributed by atoms with E-state index in [1.807, 2.05) is 35.0 Å². The Balaban J connectivity index is 1.51. The van der Waals surface area contributed by atoms with E-state index in [2.05, 4.69) is 20.7 Å². The molecule has 0 saturated heterocycles. The maximum absolute atomic E-state index is 12.5. The molecule has 7 nitrogen and oxygen atoms in total. The summed E-state index contributed by atoms with van der Waals surface area (Å²) in [4.78, 5) is 12.5. The Morgan fingerprint density at radius 2 is 1.92 bits per heavy atom. The van der Waals surface area contributed by atoms with Gasteiger partial charge in [0, 0.05) is 6.20 Å². The molecule has 0 aliphatic heterocycles. The lowest BCUT2D eigenvalue weighted by atomic mass is 10.2. The first kappa shape index (κ1) is 14.6. The molecule has 1 aromatic carbocycles. The minimum absolute atomic E-state index is 0.209. The average Bonchev–Trinajstić information content (AvgIpc) is 3.36. The minimum Gasteiger partial charge on any atom is -0.302 e. The van der Waals surface area contributed by atoms with Gasteiger partial charge in [-0.3, -0.25) is 9.48 Å². The Morgan fingerprint density at radius 1 is 1.12 bits per heavy atom. The maximum Gasteiger partial charge on any atom is 0.275 e. The van der Waals surface area contributed by atoms with E-state index in [9.17, 15) is 4.79 Å². The Hall–Kier alpha value is -2.96. The molecule has 122 valence electrons. The zero-order valence-electron chi connectivity index (χ0n) is 13.2. The molecule has 1 amide bonds. The van der Waals surface area contributed by atoms with Gasteiger partial charge in [0.15, 0.2) is 5.82 Å². The third-order valence-electron chi connectivity index (χ3n) is 4.33. The van der Waals surface area contributed by atoms with E-state index in [1.54, 1.807) is 23.1 Å². The first-order valence-corrected chi connectivity index (χ1v) is 8.14. The van der Waals surface area contributed by atoms with Crippen LogP contribution in [-0.4, -0.2) is 30.7 Å². The molecule has 2 aromatic heterocycles. The summed E-state index contributed by atoms with van der Waals surface area (Å²) >= 11 is 0. The largest absolute Gasteiger partial charge is 0.302 e. The lowest BCUT2D eigenvalue weighted by molar-refractivity contribution is 0.101. The summed E-state index contributed by atoms with van der Waals surface area (Å²) in [7, 11) is 0. The van der Waals surface area contributed by atoms with Crippen LogP contribution in [0.4, 0.5) is 5.82 Å². The fourth-order valence-corrected chi connectivity index (χ4v) is 3.14. The van der Waals surface area contributed by atoms with Gasteiger partial charge >= 0.3 is 0 Å². The first-order chi connectivity index (χ1) is 11.8. The van der Waals surface area contributed by atoms with E-state index in [4.69, 9.17) is 0 Å². The highest BCUT2D eigenvalue weighted by Crippen LogP contribution is 2.29. The summed E-state index contributed by atoms with van der Waals surface area (Å²) in [5.41, 5.74) is 1.46. The second kappa shape index (κ2) is 6.27. The molecule has 7 heteroatoms. The minimum atomic E-state index is -0.209. The van der Waals surface area contributed by atoms with Gasteiger partial charge in [0.25, 0.3) is 5.91 Å². The standard InChI is InChI=1S/C17H18N6O/c24-17(15-10-11-18-23(15)14-8-4-5-9-14)19-16-12-22(21-20-16)13-6-2-1-3-7-13/h1-3,6-7,10-12,14H,4-5,8-9H2,(H,19,24). The van der Waals surface area contributed by atoms with Gasteiger partial charge in [-0.1, -0.05) is 36.3 Å². The molecule has 0 atom stereocenters. The highest BCUT2D eigenvalue weighted by molar-refractivity contribution is 6.02. The van der Waals surface area contributed by atoms with Crippen molar-refractivity contribution < 1.29 is 4.79 Å². The van der Waals surface area contributed by atoms with Gasteiger partial charge in [0.1, 0.15) is 5.69 Å². The van der Waals surface area contributed by atoms with E-state index in [-0.39, 0.29) is 5.91 Å². The molecule has 0 spiro atoms. The zero-order chi connectivity index (χ0) is 16.4. The molecule has 1 aliphatic rings. The SMILES string of the molecule is O=C(Nc1cn(-c2ccccc2)nn1)c1ccnn1C1CCCC1. The molecule has 4 rings (SSSR count). The third-order valence-corrected chi connectivity index (χ3v) is 4.33. The Kier molecular flexibility index (Phi) is 3.82. The number of benzene rings is 1. The predicted molar refractivity (Wildman–Crippen MR) is 89.0 cm³/mol. The number of nitrogens with one attached hydrogen (secondary N) is 1. The molecule has 0 unspecified atom stereocenters. The number of nitrogens with zero attached hydrogens (tertiary/aromatic N) is 5. The van der Waals surface area contributed by atoms with Gasteiger partial charge < -0.3 is 5.32 Å². The molecular weight excluding hydrogens is 304 g/mol. The first-order valence-electron chi connectivity index (χ1n) is 8.14. The molecule has 1 fully saturated rings. The van der Waals surface area contributed by atoms with E-state index in [1.165, 1.54) is 12.8 Å². The van der Waals surface area contributed by atoms with E-state index < -0.39 is 0 Å². The number of carbonyl (C=O) groups excluding carboxylic acids is 1. The monoisotopic (exact) mass is 322 g/mol. The van der Waals surface area contributed by atoms with Gasteiger partial charge in [0.05, 0.1) is 17.9 Å². The fourth-order valence-electron chi connectivity index (χ4n) is 3.14.